The van der Waals surface area contributed by atoms with Crippen molar-refractivity contribution >= 4 is 21.6 Å². The molecule has 2 aromatic carbocycles. The fourth-order valence-electron chi connectivity index (χ4n) is 3.31. The number of carbonyl (C=O) groups excluding carboxylic acids is 1. The number of hydrogen-bond acceptors (Lipinski definition) is 6. The van der Waals surface area contributed by atoms with Crippen molar-refractivity contribution < 1.29 is 27.4 Å². The van der Waals surface area contributed by atoms with Gasteiger partial charge in [0.05, 0.1) is 32.7 Å². The van der Waals surface area contributed by atoms with Gasteiger partial charge in [-0.3, -0.25) is 9.10 Å². The molecular weight excluding hydrogens is 408 g/mol. The van der Waals surface area contributed by atoms with E-state index in [9.17, 15) is 13.2 Å². The molecule has 9 heteroatoms. The van der Waals surface area contributed by atoms with E-state index in [1.165, 1.54) is 4.31 Å². The average molecular weight is 435 g/mol. The number of nitrogens with one attached hydrogen (secondary N) is 1. The van der Waals surface area contributed by atoms with Gasteiger partial charge in [0.15, 0.2) is 17.6 Å². The molecular formula is C21H26N2O6S. The number of sulfonamides is 1. The van der Waals surface area contributed by atoms with Gasteiger partial charge in [-0.25, -0.2) is 8.42 Å². The third-order valence-corrected chi connectivity index (χ3v) is 5.96. The second-order valence-electron chi connectivity index (χ2n) is 6.95. The van der Waals surface area contributed by atoms with E-state index >= 15 is 0 Å². The van der Waals surface area contributed by atoms with Crippen LogP contribution in [-0.2, 0) is 21.2 Å². The Hall–Kier alpha value is -2.94. The Bertz CT molecular complexity index is 1010. The number of hydrogen-bond donors (Lipinski definition) is 1. The quantitative estimate of drug-likeness (QED) is 0.639. The van der Waals surface area contributed by atoms with Crippen molar-refractivity contribution in [2.45, 2.75) is 18.9 Å². The molecule has 1 amide bonds. The molecule has 1 N–H and O–H groups in total. The van der Waals surface area contributed by atoms with Crippen molar-refractivity contribution in [3.8, 4) is 17.2 Å². The first-order valence-corrected chi connectivity index (χ1v) is 11.4. The maximum absolute atomic E-state index is 12.6. The molecule has 3 rings (SSSR count). The number of ether oxygens (including phenoxy) is 3. The van der Waals surface area contributed by atoms with Crippen LogP contribution in [0, 0.1) is 0 Å². The van der Waals surface area contributed by atoms with E-state index in [2.05, 4.69) is 5.32 Å². The summed E-state index contributed by atoms with van der Waals surface area (Å²) in [7, 11) is -0.354. The molecule has 0 aliphatic carbocycles. The van der Waals surface area contributed by atoms with Crippen molar-refractivity contribution in [1.29, 1.82) is 0 Å². The highest BCUT2D eigenvalue weighted by Gasteiger charge is 2.34. The van der Waals surface area contributed by atoms with Gasteiger partial charge >= 0.3 is 0 Å². The summed E-state index contributed by atoms with van der Waals surface area (Å²) >= 11 is 0. The molecule has 0 bridgehead atoms. The highest BCUT2D eigenvalue weighted by Crippen LogP contribution is 2.34. The maximum Gasteiger partial charge on any atom is 0.263 e. The molecule has 1 heterocycles. The van der Waals surface area contributed by atoms with E-state index < -0.39 is 16.1 Å². The Morgan fingerprint density at radius 1 is 1.17 bits per heavy atom. The van der Waals surface area contributed by atoms with Gasteiger partial charge in [0.1, 0.15) is 5.75 Å². The van der Waals surface area contributed by atoms with Crippen molar-refractivity contribution in [1.82, 2.24) is 5.32 Å². The second-order valence-corrected chi connectivity index (χ2v) is 8.86. The number of rotatable bonds is 8. The molecule has 162 valence electrons. The number of nitrogens with zero attached hydrogens (tertiary/aromatic N) is 1. The van der Waals surface area contributed by atoms with E-state index in [1.807, 2.05) is 18.2 Å². The van der Waals surface area contributed by atoms with Crippen LogP contribution in [0.4, 0.5) is 5.69 Å². The van der Waals surface area contributed by atoms with Crippen molar-refractivity contribution in [2.24, 2.45) is 0 Å². The van der Waals surface area contributed by atoms with Crippen molar-refractivity contribution in [3.63, 3.8) is 0 Å². The molecule has 0 saturated carbocycles. The maximum atomic E-state index is 12.6. The van der Waals surface area contributed by atoms with Crippen LogP contribution >= 0.6 is 0 Å². The van der Waals surface area contributed by atoms with E-state index in [-0.39, 0.29) is 12.5 Å². The van der Waals surface area contributed by atoms with Crippen LogP contribution in [0.2, 0.25) is 0 Å². The van der Waals surface area contributed by atoms with Gasteiger partial charge < -0.3 is 19.5 Å². The Kier molecular flexibility index (Phi) is 6.71. The zero-order valence-electron chi connectivity index (χ0n) is 17.3. The van der Waals surface area contributed by atoms with Crippen LogP contribution in [0.25, 0.3) is 0 Å². The normalized spacial score (nSPS) is 15.7. The van der Waals surface area contributed by atoms with Crippen molar-refractivity contribution in [2.75, 3.05) is 37.9 Å². The smallest absolute Gasteiger partial charge is 0.263 e. The van der Waals surface area contributed by atoms with Crippen LogP contribution in [0.3, 0.4) is 0 Å². The minimum atomic E-state index is -3.53. The van der Waals surface area contributed by atoms with Gasteiger partial charge in [-0.1, -0.05) is 18.2 Å². The van der Waals surface area contributed by atoms with Crippen LogP contribution in [0.1, 0.15) is 12.0 Å². The first-order chi connectivity index (χ1) is 14.3. The number of fused-ring (bicyclic) bond motifs is 1. The molecule has 0 saturated heterocycles. The van der Waals surface area contributed by atoms with E-state index in [0.29, 0.717) is 35.9 Å². The largest absolute Gasteiger partial charge is 0.493 e. The number of amides is 1. The Morgan fingerprint density at radius 2 is 1.90 bits per heavy atom. The first kappa shape index (κ1) is 21.8. The van der Waals surface area contributed by atoms with E-state index in [4.69, 9.17) is 14.2 Å². The van der Waals surface area contributed by atoms with Gasteiger partial charge in [0.2, 0.25) is 10.0 Å². The third kappa shape index (κ3) is 4.96. The Balaban J connectivity index is 1.57. The zero-order valence-corrected chi connectivity index (χ0v) is 18.1. The summed E-state index contributed by atoms with van der Waals surface area (Å²) in [4.78, 5) is 12.6. The lowest BCUT2D eigenvalue weighted by Crippen LogP contribution is -2.50. The molecule has 1 atom stereocenters. The molecule has 2 aromatic rings. The summed E-state index contributed by atoms with van der Waals surface area (Å²) in [6.45, 7) is 0.380. The van der Waals surface area contributed by atoms with Gasteiger partial charge in [0.25, 0.3) is 5.91 Å². The zero-order chi connectivity index (χ0) is 21.7. The molecule has 0 unspecified atom stereocenters. The third-order valence-electron chi connectivity index (χ3n) is 4.82. The topological polar surface area (TPSA) is 94.2 Å². The van der Waals surface area contributed by atoms with Gasteiger partial charge in [-0.15, -0.1) is 0 Å². The number of methoxy groups -OCH3 is 2. The SMILES string of the molecule is COc1ccc(CCCNC(=O)[C@H]2CN(S(C)(=O)=O)c3ccccc3O2)cc1OC. The number of anilines is 1. The summed E-state index contributed by atoms with van der Waals surface area (Å²) in [5, 5.41) is 2.84. The molecule has 0 radical (unpaired) electrons. The monoisotopic (exact) mass is 434 g/mol. The fourth-order valence-corrected chi connectivity index (χ4v) is 4.22. The lowest BCUT2D eigenvalue weighted by Gasteiger charge is -2.33. The summed E-state index contributed by atoms with van der Waals surface area (Å²) in [6, 6.07) is 12.5. The first-order valence-electron chi connectivity index (χ1n) is 9.55. The summed E-state index contributed by atoms with van der Waals surface area (Å²) < 4.78 is 41.8. The predicted octanol–water partition coefficient (Wildman–Crippen LogP) is 1.98. The molecule has 0 fully saturated rings. The number of aryl methyl sites for hydroxylation is 1. The Morgan fingerprint density at radius 3 is 2.60 bits per heavy atom. The van der Waals surface area contributed by atoms with E-state index in [0.717, 1.165) is 18.2 Å². The lowest BCUT2D eigenvalue weighted by molar-refractivity contribution is -0.127. The van der Waals surface area contributed by atoms with Crippen LogP contribution < -0.4 is 23.8 Å². The summed E-state index contributed by atoms with van der Waals surface area (Å²) in [5.74, 6) is 1.36. The van der Waals surface area contributed by atoms with Gasteiger partial charge in [0, 0.05) is 6.54 Å². The standard InChI is InChI=1S/C21H26N2O6S/c1-27-18-11-10-15(13-19(18)28-2)7-6-12-22-21(24)20-14-23(30(3,25)26)16-8-4-5-9-17(16)29-20/h4-5,8-11,13,20H,6-7,12,14H2,1-3H3,(H,22,24)/t20-/m1/s1. The Labute approximate surface area is 176 Å². The predicted molar refractivity (Wildman–Crippen MR) is 114 cm³/mol. The van der Waals surface area contributed by atoms with Crippen LogP contribution in [-0.4, -0.2) is 54.0 Å². The minimum absolute atomic E-state index is 0.0582. The highest BCUT2D eigenvalue weighted by molar-refractivity contribution is 7.92. The lowest BCUT2D eigenvalue weighted by atomic mass is 10.1. The second kappa shape index (κ2) is 9.25. The number of benzene rings is 2. The molecule has 8 nitrogen and oxygen atoms in total. The van der Waals surface area contributed by atoms with Gasteiger partial charge in [-0.2, -0.15) is 0 Å². The average Bonchev–Trinajstić information content (AvgIpc) is 2.74. The van der Waals surface area contributed by atoms with Gasteiger partial charge in [-0.05, 0) is 42.7 Å². The number of para-hydroxylation sites is 2. The van der Waals surface area contributed by atoms with Crippen molar-refractivity contribution in [3.05, 3.63) is 48.0 Å². The fraction of sp³-hybridized carbons (Fsp3) is 0.381. The highest BCUT2D eigenvalue weighted by atomic mass is 32.2. The molecule has 1 aliphatic rings. The molecule has 1 aliphatic heterocycles. The van der Waals surface area contributed by atoms with Crippen LogP contribution in [0.15, 0.2) is 42.5 Å². The molecule has 0 aromatic heterocycles. The van der Waals surface area contributed by atoms with Crippen LogP contribution in [0.5, 0.6) is 17.2 Å². The summed E-state index contributed by atoms with van der Waals surface area (Å²) in [6.07, 6.45) is 1.66. The summed E-state index contributed by atoms with van der Waals surface area (Å²) in [5.41, 5.74) is 1.51. The van der Waals surface area contributed by atoms with E-state index in [1.54, 1.807) is 38.5 Å². The number of carbonyl (C=O) groups is 1. The molecule has 0 spiro atoms. The minimum Gasteiger partial charge on any atom is -0.493 e. The molecule has 30 heavy (non-hydrogen) atoms.